The fourth-order valence-electron chi connectivity index (χ4n) is 2.60. The number of ether oxygens (including phenoxy) is 2. The minimum absolute atomic E-state index is 0.0879. The smallest absolute Gasteiger partial charge is 0.243 e. The topological polar surface area (TPSA) is 79.9 Å². The van der Waals surface area contributed by atoms with E-state index in [1.165, 1.54) is 0 Å². The molecule has 0 aliphatic rings. The van der Waals surface area contributed by atoms with Crippen LogP contribution >= 0.6 is 0 Å². The van der Waals surface area contributed by atoms with E-state index in [1.54, 1.807) is 51.4 Å². The summed E-state index contributed by atoms with van der Waals surface area (Å²) in [6.45, 7) is 0.0977. The van der Waals surface area contributed by atoms with Gasteiger partial charge in [-0.2, -0.15) is 0 Å². The highest BCUT2D eigenvalue weighted by atomic mass is 16.5. The average Bonchev–Trinajstić information content (AvgIpc) is 2.70. The number of hydrogen-bond acceptors (Lipinski definition) is 5. The second kappa shape index (κ2) is 10.2. The molecule has 0 aliphatic carbocycles. The van der Waals surface area contributed by atoms with Gasteiger partial charge < -0.3 is 25.0 Å². The first-order valence-electron chi connectivity index (χ1n) is 8.97. The molecule has 0 fully saturated rings. The van der Waals surface area contributed by atoms with Gasteiger partial charge in [-0.05, 0) is 36.2 Å². The molecule has 0 saturated heterocycles. The predicted octanol–water partition coefficient (Wildman–Crippen LogP) is 2.78. The van der Waals surface area contributed by atoms with Crippen LogP contribution in [-0.4, -0.2) is 51.6 Å². The third kappa shape index (κ3) is 6.19. The Labute approximate surface area is 165 Å². The van der Waals surface area contributed by atoms with E-state index >= 15 is 0 Å². The minimum Gasteiger partial charge on any atom is -0.497 e. The van der Waals surface area contributed by atoms with Gasteiger partial charge in [0.25, 0.3) is 0 Å². The molecule has 0 spiro atoms. The van der Waals surface area contributed by atoms with Crippen molar-refractivity contribution < 1.29 is 19.1 Å². The molecular formula is C21H27N3O4. The molecule has 7 heteroatoms. The van der Waals surface area contributed by atoms with Gasteiger partial charge in [-0.15, -0.1) is 0 Å². The Bertz CT molecular complexity index is 821. The van der Waals surface area contributed by atoms with E-state index in [0.29, 0.717) is 30.0 Å². The highest BCUT2D eigenvalue weighted by molar-refractivity contribution is 5.95. The van der Waals surface area contributed by atoms with Crippen molar-refractivity contribution in [3.05, 3.63) is 48.0 Å². The van der Waals surface area contributed by atoms with E-state index < -0.39 is 0 Å². The molecule has 0 heterocycles. The second-order valence-corrected chi connectivity index (χ2v) is 6.46. The molecule has 2 N–H and O–H groups in total. The largest absolute Gasteiger partial charge is 0.497 e. The van der Waals surface area contributed by atoms with E-state index in [-0.39, 0.29) is 18.4 Å². The summed E-state index contributed by atoms with van der Waals surface area (Å²) in [7, 11) is 6.60. The lowest BCUT2D eigenvalue weighted by atomic mass is 10.1. The van der Waals surface area contributed by atoms with Gasteiger partial charge >= 0.3 is 0 Å². The number of nitrogens with one attached hydrogen (secondary N) is 2. The van der Waals surface area contributed by atoms with E-state index in [1.807, 2.05) is 24.3 Å². The summed E-state index contributed by atoms with van der Waals surface area (Å²) >= 11 is 0. The molecule has 0 bridgehead atoms. The highest BCUT2D eigenvalue weighted by Crippen LogP contribution is 2.28. The Morgan fingerprint density at radius 2 is 1.82 bits per heavy atom. The minimum atomic E-state index is -0.209. The third-order valence-corrected chi connectivity index (χ3v) is 4.19. The molecule has 2 aromatic carbocycles. The number of methoxy groups -OCH3 is 2. The van der Waals surface area contributed by atoms with E-state index in [0.717, 1.165) is 11.3 Å². The van der Waals surface area contributed by atoms with Gasteiger partial charge in [0.05, 0.1) is 26.5 Å². The Morgan fingerprint density at radius 1 is 1.04 bits per heavy atom. The molecule has 7 nitrogen and oxygen atoms in total. The predicted molar refractivity (Wildman–Crippen MR) is 110 cm³/mol. The van der Waals surface area contributed by atoms with Gasteiger partial charge in [0.15, 0.2) is 0 Å². The van der Waals surface area contributed by atoms with Crippen LogP contribution in [0, 0.1) is 0 Å². The second-order valence-electron chi connectivity index (χ2n) is 6.46. The molecular weight excluding hydrogens is 358 g/mol. The maximum absolute atomic E-state index is 12.3. The van der Waals surface area contributed by atoms with Gasteiger partial charge in [0.2, 0.25) is 11.8 Å². The van der Waals surface area contributed by atoms with Crippen LogP contribution in [0.15, 0.2) is 42.5 Å². The van der Waals surface area contributed by atoms with Crippen LogP contribution in [0.1, 0.15) is 12.0 Å². The molecule has 0 radical (unpaired) electrons. The van der Waals surface area contributed by atoms with Crippen LogP contribution in [0.4, 0.5) is 11.4 Å². The summed E-state index contributed by atoms with van der Waals surface area (Å²) in [6.07, 6.45) is 1.10. The van der Waals surface area contributed by atoms with Crippen LogP contribution in [0.2, 0.25) is 0 Å². The summed E-state index contributed by atoms with van der Waals surface area (Å²) in [6, 6.07) is 12.9. The standard InChI is InChI=1S/C21H27N3O4/c1-24(2)21(26)11-8-15-6-5-7-16(12-15)22-14-20(25)23-18-13-17(27-3)9-10-19(18)28-4/h5-7,9-10,12-13,22H,8,11,14H2,1-4H3,(H,23,25). The third-order valence-electron chi connectivity index (χ3n) is 4.19. The zero-order valence-electron chi connectivity index (χ0n) is 16.7. The zero-order valence-corrected chi connectivity index (χ0v) is 16.7. The fraction of sp³-hybridized carbons (Fsp3) is 0.333. The first kappa shape index (κ1) is 21.1. The molecule has 28 heavy (non-hydrogen) atoms. The van der Waals surface area contributed by atoms with E-state index in [2.05, 4.69) is 10.6 Å². The molecule has 0 saturated carbocycles. The summed E-state index contributed by atoms with van der Waals surface area (Å²) in [5.41, 5.74) is 2.40. The molecule has 0 aliphatic heterocycles. The highest BCUT2D eigenvalue weighted by Gasteiger charge is 2.10. The first-order chi connectivity index (χ1) is 13.4. The molecule has 2 amide bonds. The number of benzene rings is 2. The first-order valence-corrected chi connectivity index (χ1v) is 8.97. The molecule has 0 aromatic heterocycles. The van der Waals surface area contributed by atoms with Crippen LogP contribution in [0.5, 0.6) is 11.5 Å². The van der Waals surface area contributed by atoms with Crippen LogP contribution < -0.4 is 20.1 Å². The quantitative estimate of drug-likeness (QED) is 0.694. The van der Waals surface area contributed by atoms with Gasteiger partial charge in [-0.3, -0.25) is 9.59 Å². The number of hydrogen-bond donors (Lipinski definition) is 2. The van der Waals surface area contributed by atoms with Crippen molar-refractivity contribution in [3.63, 3.8) is 0 Å². The number of nitrogens with zero attached hydrogens (tertiary/aromatic N) is 1. The maximum Gasteiger partial charge on any atom is 0.243 e. The number of rotatable bonds is 9. The van der Waals surface area contributed by atoms with Crippen molar-refractivity contribution in [2.45, 2.75) is 12.8 Å². The van der Waals surface area contributed by atoms with Gasteiger partial charge in [0.1, 0.15) is 11.5 Å². The summed E-state index contributed by atoms with van der Waals surface area (Å²) < 4.78 is 10.4. The van der Waals surface area contributed by atoms with Crippen molar-refractivity contribution in [2.24, 2.45) is 0 Å². The average molecular weight is 385 g/mol. The van der Waals surface area contributed by atoms with Crippen LogP contribution in [0.25, 0.3) is 0 Å². The molecule has 2 rings (SSSR count). The fourth-order valence-corrected chi connectivity index (χ4v) is 2.60. The monoisotopic (exact) mass is 385 g/mol. The Hall–Kier alpha value is -3.22. The number of anilines is 2. The van der Waals surface area contributed by atoms with Crippen molar-refractivity contribution in [1.29, 1.82) is 0 Å². The van der Waals surface area contributed by atoms with E-state index in [4.69, 9.17) is 9.47 Å². The normalized spacial score (nSPS) is 10.1. The zero-order chi connectivity index (χ0) is 20.5. The Morgan fingerprint density at radius 3 is 2.50 bits per heavy atom. The van der Waals surface area contributed by atoms with Gasteiger partial charge in [-0.1, -0.05) is 12.1 Å². The summed E-state index contributed by atoms with van der Waals surface area (Å²) in [4.78, 5) is 25.6. The number of amides is 2. The Kier molecular flexibility index (Phi) is 7.68. The van der Waals surface area contributed by atoms with Gasteiger partial charge in [0, 0.05) is 32.3 Å². The van der Waals surface area contributed by atoms with Crippen LogP contribution in [0.3, 0.4) is 0 Å². The summed E-state index contributed by atoms with van der Waals surface area (Å²) in [5.74, 6) is 1.07. The number of aryl methyl sites for hydroxylation is 1. The molecule has 0 unspecified atom stereocenters. The summed E-state index contributed by atoms with van der Waals surface area (Å²) in [5, 5.41) is 5.92. The van der Waals surface area contributed by atoms with E-state index in [9.17, 15) is 9.59 Å². The lowest BCUT2D eigenvalue weighted by Gasteiger charge is -2.13. The lowest BCUT2D eigenvalue weighted by Crippen LogP contribution is -2.22. The maximum atomic E-state index is 12.3. The van der Waals surface area contributed by atoms with Crippen molar-refractivity contribution in [2.75, 3.05) is 45.5 Å². The van der Waals surface area contributed by atoms with Crippen molar-refractivity contribution >= 4 is 23.2 Å². The molecule has 150 valence electrons. The van der Waals surface area contributed by atoms with Gasteiger partial charge in [-0.25, -0.2) is 0 Å². The van der Waals surface area contributed by atoms with Crippen molar-refractivity contribution in [1.82, 2.24) is 4.90 Å². The molecule has 0 atom stereocenters. The number of carbonyl (C=O) groups is 2. The van der Waals surface area contributed by atoms with Crippen molar-refractivity contribution in [3.8, 4) is 11.5 Å². The Balaban J connectivity index is 1.92. The number of carbonyl (C=O) groups excluding carboxylic acids is 2. The molecule has 2 aromatic rings. The SMILES string of the molecule is COc1ccc(OC)c(NC(=O)CNc2cccc(CCC(=O)N(C)C)c2)c1. The van der Waals surface area contributed by atoms with Crippen LogP contribution in [-0.2, 0) is 16.0 Å². The lowest BCUT2D eigenvalue weighted by molar-refractivity contribution is -0.128.